The van der Waals surface area contributed by atoms with E-state index in [4.69, 9.17) is 0 Å². The molecule has 1 aromatic carbocycles. The third-order valence-electron chi connectivity index (χ3n) is 2.79. The molecule has 0 atom stereocenters. The van der Waals surface area contributed by atoms with Crippen LogP contribution in [0.15, 0.2) is 24.3 Å². The highest BCUT2D eigenvalue weighted by Crippen LogP contribution is 2.18. The second-order valence-corrected chi connectivity index (χ2v) is 5.17. The minimum absolute atomic E-state index is 0.0126. The summed E-state index contributed by atoms with van der Waals surface area (Å²) in [6.07, 6.45) is 0. The molecule has 2 rings (SSSR count). The molecule has 2 amide bonds. The Labute approximate surface area is 120 Å². The Kier molecular flexibility index (Phi) is 4.62. The van der Waals surface area contributed by atoms with Gasteiger partial charge in [-0.1, -0.05) is 23.9 Å². The lowest BCUT2D eigenvalue weighted by Crippen LogP contribution is -2.33. The van der Waals surface area contributed by atoms with E-state index in [1.54, 1.807) is 24.3 Å². The molecular weight excluding hydrogens is 280 g/mol. The van der Waals surface area contributed by atoms with Crippen LogP contribution in [-0.4, -0.2) is 48.0 Å². The molecule has 20 heavy (non-hydrogen) atoms. The largest absolute Gasteiger partial charge is 0.465 e. The summed E-state index contributed by atoms with van der Waals surface area (Å²) >= 11 is 1.20. The van der Waals surface area contributed by atoms with Gasteiger partial charge in [0.2, 0.25) is 5.91 Å². The van der Waals surface area contributed by atoms with Crippen LogP contribution < -0.4 is 5.32 Å². The second-order valence-electron chi connectivity index (χ2n) is 4.12. The zero-order valence-electron chi connectivity index (χ0n) is 10.9. The number of nitrogens with zero attached hydrogens (tertiary/aromatic N) is 1. The molecule has 1 saturated heterocycles. The van der Waals surface area contributed by atoms with Gasteiger partial charge in [0.25, 0.3) is 5.24 Å². The Hall–Kier alpha value is -2.02. The van der Waals surface area contributed by atoms with Gasteiger partial charge < -0.3 is 15.0 Å². The fourth-order valence-corrected chi connectivity index (χ4v) is 2.64. The third-order valence-corrected chi connectivity index (χ3v) is 3.68. The van der Waals surface area contributed by atoms with Gasteiger partial charge in [-0.15, -0.1) is 0 Å². The van der Waals surface area contributed by atoms with Crippen molar-refractivity contribution in [2.75, 3.05) is 31.3 Å². The summed E-state index contributed by atoms with van der Waals surface area (Å²) in [4.78, 5) is 36.4. The van der Waals surface area contributed by atoms with Gasteiger partial charge in [0, 0.05) is 12.3 Å². The molecular formula is C13H14N2O4S. The highest BCUT2D eigenvalue weighted by molar-refractivity contribution is 8.13. The fourth-order valence-electron chi connectivity index (χ4n) is 1.81. The van der Waals surface area contributed by atoms with Gasteiger partial charge in [-0.25, -0.2) is 4.79 Å². The van der Waals surface area contributed by atoms with Crippen molar-refractivity contribution in [1.29, 1.82) is 0 Å². The van der Waals surface area contributed by atoms with Gasteiger partial charge in [-0.05, 0) is 12.1 Å². The van der Waals surface area contributed by atoms with E-state index >= 15 is 0 Å². The van der Waals surface area contributed by atoms with E-state index in [0.717, 1.165) is 0 Å². The number of rotatable bonds is 4. The number of amides is 2. The standard InChI is InChI=1S/C13H14N2O4S/c1-19-12(17)9-4-2-3-5-10(9)14-11(16)8-15-6-7-20-13(15)18/h2-5H,6-8H2,1H3,(H,14,16). The first-order chi connectivity index (χ1) is 9.61. The van der Waals surface area contributed by atoms with Gasteiger partial charge in [0.05, 0.1) is 18.4 Å². The molecule has 0 aliphatic carbocycles. The maximum absolute atomic E-state index is 11.9. The minimum Gasteiger partial charge on any atom is -0.465 e. The lowest BCUT2D eigenvalue weighted by Gasteiger charge is -2.15. The number of esters is 1. The molecule has 0 saturated carbocycles. The summed E-state index contributed by atoms with van der Waals surface area (Å²) in [6, 6.07) is 6.57. The molecule has 1 aromatic rings. The number of methoxy groups -OCH3 is 1. The van der Waals surface area contributed by atoms with Crippen LogP contribution in [0.4, 0.5) is 10.5 Å². The van der Waals surface area contributed by atoms with E-state index in [9.17, 15) is 14.4 Å². The minimum atomic E-state index is -0.520. The van der Waals surface area contributed by atoms with Gasteiger partial charge in [0.15, 0.2) is 0 Å². The number of benzene rings is 1. The summed E-state index contributed by atoms with van der Waals surface area (Å²) in [5.74, 6) is -0.156. The molecule has 1 fully saturated rings. The van der Waals surface area contributed by atoms with E-state index in [1.807, 2.05) is 0 Å². The number of anilines is 1. The van der Waals surface area contributed by atoms with Crippen molar-refractivity contribution in [3.8, 4) is 0 Å². The molecule has 0 spiro atoms. The van der Waals surface area contributed by atoms with E-state index < -0.39 is 5.97 Å². The summed E-state index contributed by atoms with van der Waals surface area (Å²) in [6.45, 7) is 0.552. The smallest absolute Gasteiger partial charge is 0.339 e. The lowest BCUT2D eigenvalue weighted by molar-refractivity contribution is -0.116. The number of carbonyl (C=O) groups excluding carboxylic acids is 3. The molecule has 0 bridgehead atoms. The van der Waals surface area contributed by atoms with Crippen molar-refractivity contribution in [1.82, 2.24) is 4.90 Å². The van der Waals surface area contributed by atoms with Crippen LogP contribution in [0.5, 0.6) is 0 Å². The predicted molar refractivity (Wildman–Crippen MR) is 75.8 cm³/mol. The molecule has 1 heterocycles. The molecule has 106 valence electrons. The maximum Gasteiger partial charge on any atom is 0.339 e. The number of hydrogen-bond acceptors (Lipinski definition) is 5. The van der Waals surface area contributed by atoms with Gasteiger partial charge in [-0.2, -0.15) is 0 Å². The van der Waals surface area contributed by atoms with Gasteiger partial charge in [-0.3, -0.25) is 9.59 Å². The fraction of sp³-hybridized carbons (Fsp3) is 0.308. The summed E-state index contributed by atoms with van der Waals surface area (Å²) in [5.41, 5.74) is 0.661. The lowest BCUT2D eigenvalue weighted by atomic mass is 10.2. The van der Waals surface area contributed by atoms with Crippen LogP contribution in [0, 0.1) is 0 Å². The Morgan fingerprint density at radius 2 is 2.15 bits per heavy atom. The van der Waals surface area contributed by atoms with Crippen LogP contribution >= 0.6 is 11.8 Å². The number of hydrogen-bond donors (Lipinski definition) is 1. The van der Waals surface area contributed by atoms with Crippen LogP contribution in [0.1, 0.15) is 10.4 Å². The Morgan fingerprint density at radius 1 is 1.40 bits per heavy atom. The van der Waals surface area contributed by atoms with Crippen LogP contribution in [0.2, 0.25) is 0 Å². The second kappa shape index (κ2) is 6.42. The highest BCUT2D eigenvalue weighted by atomic mass is 32.2. The summed E-state index contributed by atoms with van der Waals surface area (Å²) in [7, 11) is 1.28. The topological polar surface area (TPSA) is 75.7 Å². The van der Waals surface area contributed by atoms with Crippen molar-refractivity contribution in [3.05, 3.63) is 29.8 Å². The average Bonchev–Trinajstić information content (AvgIpc) is 2.84. The first-order valence-corrected chi connectivity index (χ1v) is 6.99. The van der Waals surface area contributed by atoms with Crippen molar-refractivity contribution >= 4 is 34.6 Å². The van der Waals surface area contributed by atoms with Crippen molar-refractivity contribution in [3.63, 3.8) is 0 Å². The molecule has 0 aromatic heterocycles. The van der Waals surface area contributed by atoms with E-state index in [2.05, 4.69) is 10.1 Å². The number of para-hydroxylation sites is 1. The normalized spacial score (nSPS) is 14.2. The van der Waals surface area contributed by atoms with Gasteiger partial charge >= 0.3 is 5.97 Å². The van der Waals surface area contributed by atoms with E-state index in [0.29, 0.717) is 18.0 Å². The van der Waals surface area contributed by atoms with Crippen LogP contribution in [-0.2, 0) is 9.53 Å². The zero-order valence-corrected chi connectivity index (χ0v) is 11.7. The van der Waals surface area contributed by atoms with Gasteiger partial charge in [0.1, 0.15) is 6.54 Å². The van der Waals surface area contributed by atoms with Crippen LogP contribution in [0.25, 0.3) is 0 Å². The first-order valence-electron chi connectivity index (χ1n) is 6.00. The Balaban J connectivity index is 2.04. The number of ether oxygens (including phenoxy) is 1. The molecule has 7 heteroatoms. The van der Waals surface area contributed by atoms with Crippen molar-refractivity contribution < 1.29 is 19.1 Å². The monoisotopic (exact) mass is 294 g/mol. The molecule has 6 nitrogen and oxygen atoms in total. The SMILES string of the molecule is COC(=O)c1ccccc1NC(=O)CN1CCSC1=O. The zero-order chi connectivity index (χ0) is 14.5. The quantitative estimate of drug-likeness (QED) is 0.853. The molecule has 0 unspecified atom stereocenters. The molecule has 1 N–H and O–H groups in total. The number of nitrogens with one attached hydrogen (secondary N) is 1. The predicted octanol–water partition coefficient (Wildman–Crippen LogP) is 1.58. The molecule has 0 radical (unpaired) electrons. The Bertz CT molecular complexity index is 547. The maximum atomic E-state index is 11.9. The van der Waals surface area contributed by atoms with Crippen molar-refractivity contribution in [2.24, 2.45) is 0 Å². The number of carbonyl (C=O) groups is 3. The van der Waals surface area contributed by atoms with Crippen LogP contribution in [0.3, 0.4) is 0 Å². The molecule has 1 aliphatic heterocycles. The summed E-state index contributed by atoms with van der Waals surface area (Å²) < 4.78 is 4.65. The number of thioether (sulfide) groups is 1. The summed E-state index contributed by atoms with van der Waals surface area (Å²) in [5, 5.41) is 2.53. The van der Waals surface area contributed by atoms with E-state index in [-0.39, 0.29) is 23.3 Å². The third kappa shape index (κ3) is 3.30. The van der Waals surface area contributed by atoms with E-state index in [1.165, 1.54) is 23.8 Å². The average molecular weight is 294 g/mol. The first kappa shape index (κ1) is 14.4. The molecule has 1 aliphatic rings. The highest BCUT2D eigenvalue weighted by Gasteiger charge is 2.23. The Morgan fingerprint density at radius 3 is 2.80 bits per heavy atom. The van der Waals surface area contributed by atoms with Crippen molar-refractivity contribution in [2.45, 2.75) is 0 Å².